The van der Waals surface area contributed by atoms with Gasteiger partial charge in [-0.1, -0.05) is 57.2 Å². The second-order valence-corrected chi connectivity index (χ2v) is 10.7. The first-order valence-electron chi connectivity index (χ1n) is 12.0. The number of ether oxygens (including phenoxy) is 1. The van der Waals surface area contributed by atoms with E-state index in [1.54, 1.807) is 0 Å². The number of benzene rings is 1. The van der Waals surface area contributed by atoms with E-state index in [1.807, 2.05) is 24.3 Å². The number of pyridine rings is 1. The van der Waals surface area contributed by atoms with E-state index in [-0.39, 0.29) is 35.4 Å². The van der Waals surface area contributed by atoms with Crippen molar-refractivity contribution in [1.82, 2.24) is 15.2 Å². The van der Waals surface area contributed by atoms with Gasteiger partial charge >= 0.3 is 5.97 Å². The van der Waals surface area contributed by atoms with Gasteiger partial charge in [0.25, 0.3) is 11.1 Å². The standard InChI is InChI=1S/C26H31N3O5S/c1-4-26(2,3)16-9-10-20-18(13-16)23(17-7-5-6-8-19(17)28-20)24(32)34-14-21(30)27-11-12-29-22(31)15-35-25(29)33/h5-8,16H,4,9-15H2,1-3H3,(H,27,30)/t16-/m1/s1. The van der Waals surface area contributed by atoms with Crippen molar-refractivity contribution < 1.29 is 23.9 Å². The maximum Gasteiger partial charge on any atom is 0.339 e. The Morgan fingerprint density at radius 3 is 2.74 bits per heavy atom. The van der Waals surface area contributed by atoms with Gasteiger partial charge in [0.05, 0.1) is 16.8 Å². The van der Waals surface area contributed by atoms with Gasteiger partial charge in [-0.3, -0.25) is 24.3 Å². The van der Waals surface area contributed by atoms with Crippen LogP contribution in [0.4, 0.5) is 4.79 Å². The Morgan fingerprint density at radius 2 is 2.03 bits per heavy atom. The highest BCUT2D eigenvalue weighted by Crippen LogP contribution is 2.41. The molecule has 2 aliphatic rings. The average molecular weight is 498 g/mol. The maximum atomic E-state index is 13.3. The molecule has 0 unspecified atom stereocenters. The molecular weight excluding hydrogens is 466 g/mol. The summed E-state index contributed by atoms with van der Waals surface area (Å²) in [5.74, 6) is -0.731. The van der Waals surface area contributed by atoms with Crippen molar-refractivity contribution in [3.63, 3.8) is 0 Å². The van der Waals surface area contributed by atoms with Crippen molar-refractivity contribution >= 4 is 45.7 Å². The van der Waals surface area contributed by atoms with Crippen LogP contribution < -0.4 is 5.32 Å². The molecule has 8 nitrogen and oxygen atoms in total. The van der Waals surface area contributed by atoms with Crippen molar-refractivity contribution in [2.45, 2.75) is 46.5 Å². The first-order valence-corrected chi connectivity index (χ1v) is 13.0. The van der Waals surface area contributed by atoms with Crippen molar-refractivity contribution in [3.8, 4) is 0 Å². The predicted octanol–water partition coefficient (Wildman–Crippen LogP) is 3.74. The molecule has 1 aliphatic heterocycles. The lowest BCUT2D eigenvalue weighted by atomic mass is 9.68. The summed E-state index contributed by atoms with van der Waals surface area (Å²) in [6.45, 7) is 6.49. The Hall–Kier alpha value is -2.94. The number of aromatic nitrogens is 1. The van der Waals surface area contributed by atoms with Gasteiger partial charge in [0, 0.05) is 24.2 Å². The number of rotatable bonds is 8. The molecule has 186 valence electrons. The fraction of sp³-hybridized carbons (Fsp3) is 0.500. The van der Waals surface area contributed by atoms with Gasteiger partial charge in [-0.25, -0.2) is 4.79 Å². The summed E-state index contributed by atoms with van der Waals surface area (Å²) in [4.78, 5) is 54.8. The molecule has 0 bridgehead atoms. The molecule has 1 saturated heterocycles. The average Bonchev–Trinajstić information content (AvgIpc) is 3.17. The smallest absolute Gasteiger partial charge is 0.339 e. The van der Waals surface area contributed by atoms with Crippen LogP contribution in [0.5, 0.6) is 0 Å². The minimum absolute atomic E-state index is 0.0987. The molecule has 1 atom stereocenters. The zero-order chi connectivity index (χ0) is 25.2. The lowest BCUT2D eigenvalue weighted by Gasteiger charge is -2.37. The second kappa shape index (κ2) is 10.4. The molecule has 1 aromatic carbocycles. The van der Waals surface area contributed by atoms with Gasteiger partial charge in [0.15, 0.2) is 6.61 Å². The van der Waals surface area contributed by atoms with E-state index >= 15 is 0 Å². The molecule has 0 radical (unpaired) electrons. The third-order valence-electron chi connectivity index (χ3n) is 7.31. The fourth-order valence-electron chi connectivity index (χ4n) is 4.74. The van der Waals surface area contributed by atoms with E-state index in [0.717, 1.165) is 64.5 Å². The molecule has 2 heterocycles. The minimum atomic E-state index is -0.536. The van der Waals surface area contributed by atoms with E-state index in [2.05, 4.69) is 26.1 Å². The molecule has 3 amide bonds. The van der Waals surface area contributed by atoms with Crippen molar-refractivity contribution in [2.75, 3.05) is 25.4 Å². The number of amides is 3. The Morgan fingerprint density at radius 1 is 1.26 bits per heavy atom. The molecule has 0 spiro atoms. The van der Waals surface area contributed by atoms with Crippen LogP contribution in [0.15, 0.2) is 24.3 Å². The number of thioether (sulfide) groups is 1. The van der Waals surface area contributed by atoms with Gasteiger partial charge in [0.2, 0.25) is 5.91 Å². The number of nitrogens with one attached hydrogen (secondary N) is 1. The Labute approximate surface area is 209 Å². The molecule has 1 fully saturated rings. The molecule has 1 aliphatic carbocycles. The number of para-hydroxylation sites is 1. The first-order chi connectivity index (χ1) is 16.7. The maximum absolute atomic E-state index is 13.3. The normalized spacial score (nSPS) is 18.0. The summed E-state index contributed by atoms with van der Waals surface area (Å²) >= 11 is 0.949. The highest BCUT2D eigenvalue weighted by atomic mass is 32.2. The summed E-state index contributed by atoms with van der Waals surface area (Å²) < 4.78 is 5.45. The van der Waals surface area contributed by atoms with Crippen LogP contribution in [-0.4, -0.2) is 58.4 Å². The fourth-order valence-corrected chi connectivity index (χ4v) is 5.49. The number of hydrogen-bond acceptors (Lipinski definition) is 7. The Kier molecular flexibility index (Phi) is 7.44. The minimum Gasteiger partial charge on any atom is -0.452 e. The summed E-state index contributed by atoms with van der Waals surface area (Å²) in [5.41, 5.74) is 3.24. The van der Waals surface area contributed by atoms with Crippen LogP contribution in [0.3, 0.4) is 0 Å². The highest BCUT2D eigenvalue weighted by Gasteiger charge is 2.35. The second-order valence-electron chi connectivity index (χ2n) is 9.74. The third-order valence-corrected chi connectivity index (χ3v) is 8.17. The van der Waals surface area contributed by atoms with E-state index in [0.29, 0.717) is 11.5 Å². The highest BCUT2D eigenvalue weighted by molar-refractivity contribution is 8.14. The number of carbonyl (C=O) groups excluding carboxylic acids is 4. The van der Waals surface area contributed by atoms with Crippen molar-refractivity contribution in [2.24, 2.45) is 11.3 Å². The largest absolute Gasteiger partial charge is 0.452 e. The topological polar surface area (TPSA) is 106 Å². The van der Waals surface area contributed by atoms with Crippen LogP contribution in [-0.2, 0) is 27.2 Å². The summed E-state index contributed by atoms with van der Waals surface area (Å²) in [6, 6.07) is 7.52. The van der Waals surface area contributed by atoms with Crippen LogP contribution in [0.25, 0.3) is 10.9 Å². The SMILES string of the molecule is CCC(C)(C)[C@@H]1CCc2nc3ccccc3c(C(=O)OCC(=O)NCCN3C(=O)CSC3=O)c2C1. The summed E-state index contributed by atoms with van der Waals surface area (Å²) in [6.07, 6.45) is 3.62. The van der Waals surface area contributed by atoms with Gasteiger partial charge in [0.1, 0.15) is 0 Å². The number of hydrogen-bond donors (Lipinski definition) is 1. The first kappa shape index (κ1) is 25.2. The van der Waals surface area contributed by atoms with Crippen LogP contribution >= 0.6 is 11.8 Å². The van der Waals surface area contributed by atoms with E-state index in [9.17, 15) is 19.2 Å². The van der Waals surface area contributed by atoms with Crippen molar-refractivity contribution in [3.05, 3.63) is 41.1 Å². The predicted molar refractivity (Wildman–Crippen MR) is 134 cm³/mol. The van der Waals surface area contributed by atoms with Crippen LogP contribution in [0.2, 0.25) is 0 Å². The molecule has 4 rings (SSSR count). The van der Waals surface area contributed by atoms with Gasteiger partial charge in [-0.15, -0.1) is 0 Å². The molecule has 2 aromatic rings. The quantitative estimate of drug-likeness (QED) is 0.554. The lowest BCUT2D eigenvalue weighted by Crippen LogP contribution is -2.38. The zero-order valence-corrected chi connectivity index (χ0v) is 21.2. The number of carbonyl (C=O) groups is 4. The molecule has 35 heavy (non-hydrogen) atoms. The zero-order valence-electron chi connectivity index (χ0n) is 20.4. The van der Waals surface area contributed by atoms with E-state index in [1.165, 1.54) is 0 Å². The van der Waals surface area contributed by atoms with E-state index in [4.69, 9.17) is 9.72 Å². The third kappa shape index (κ3) is 5.34. The summed E-state index contributed by atoms with van der Waals surface area (Å²) in [7, 11) is 0. The monoisotopic (exact) mass is 497 g/mol. The van der Waals surface area contributed by atoms with Gasteiger partial charge < -0.3 is 10.1 Å². The molecular formula is C26H31N3O5S. The lowest BCUT2D eigenvalue weighted by molar-refractivity contribution is -0.126. The van der Waals surface area contributed by atoms with Gasteiger partial charge in [-0.05, 0) is 42.2 Å². The molecule has 9 heteroatoms. The van der Waals surface area contributed by atoms with Crippen LogP contribution in [0, 0.1) is 11.3 Å². The van der Waals surface area contributed by atoms with Gasteiger partial charge in [-0.2, -0.15) is 0 Å². The van der Waals surface area contributed by atoms with Crippen LogP contribution in [0.1, 0.15) is 55.2 Å². The molecule has 1 aromatic heterocycles. The number of imide groups is 1. The van der Waals surface area contributed by atoms with Crippen molar-refractivity contribution in [1.29, 1.82) is 0 Å². The molecule has 1 N–H and O–H groups in total. The Bertz CT molecular complexity index is 1160. The number of fused-ring (bicyclic) bond motifs is 2. The number of esters is 1. The Balaban J connectivity index is 1.47. The molecule has 0 saturated carbocycles. The number of nitrogens with zero attached hydrogens (tertiary/aromatic N) is 2. The number of aryl methyl sites for hydroxylation is 1. The van der Waals surface area contributed by atoms with E-state index < -0.39 is 18.5 Å². The summed E-state index contributed by atoms with van der Waals surface area (Å²) in [5, 5.41) is 3.03.